The zero-order valence-corrected chi connectivity index (χ0v) is 17.1. The third-order valence-electron chi connectivity index (χ3n) is 5.73. The number of rotatable bonds is 2. The first-order valence-electron chi connectivity index (χ1n) is 9.50. The lowest BCUT2D eigenvalue weighted by Gasteiger charge is -2.38. The van der Waals surface area contributed by atoms with Crippen molar-refractivity contribution in [2.24, 2.45) is 19.5 Å². The SMILES string of the molecule is Cn1c2c(c(=O)n(C)c1=O)C(c1cccc([N+](=O)[O-])c1)C1=C(CC(C)(C)CC1=O)O2. The average Bonchev–Trinajstić information content (AvgIpc) is 2.68. The van der Waals surface area contributed by atoms with Gasteiger partial charge in [-0.05, 0) is 11.0 Å². The summed E-state index contributed by atoms with van der Waals surface area (Å²) in [6, 6.07) is 5.88. The van der Waals surface area contributed by atoms with Gasteiger partial charge in [0.2, 0.25) is 5.88 Å². The fraction of sp³-hybridized carbons (Fsp3) is 0.381. The largest absolute Gasteiger partial charge is 0.444 e. The van der Waals surface area contributed by atoms with Crippen LogP contribution in [0, 0.1) is 15.5 Å². The molecule has 1 unspecified atom stereocenters. The van der Waals surface area contributed by atoms with Gasteiger partial charge in [-0.25, -0.2) is 4.79 Å². The molecular weight excluding hydrogens is 390 g/mol. The van der Waals surface area contributed by atoms with Crippen LogP contribution in [0.25, 0.3) is 0 Å². The number of nitro groups is 1. The average molecular weight is 411 g/mol. The Kier molecular flexibility index (Phi) is 4.30. The van der Waals surface area contributed by atoms with Crippen LogP contribution in [0.2, 0.25) is 0 Å². The van der Waals surface area contributed by atoms with Crippen LogP contribution in [0.15, 0.2) is 45.2 Å². The fourth-order valence-corrected chi connectivity index (χ4v) is 4.33. The van der Waals surface area contributed by atoms with Crippen molar-refractivity contribution in [3.05, 3.63) is 77.7 Å². The molecule has 2 heterocycles. The maximum Gasteiger partial charge on any atom is 0.333 e. The molecule has 2 aromatic rings. The van der Waals surface area contributed by atoms with E-state index in [0.717, 1.165) is 4.57 Å². The molecule has 0 bridgehead atoms. The van der Waals surface area contributed by atoms with Gasteiger partial charge in [0.25, 0.3) is 11.2 Å². The molecule has 1 aliphatic heterocycles. The van der Waals surface area contributed by atoms with Crippen LogP contribution < -0.4 is 16.0 Å². The number of nitro benzene ring substituents is 1. The normalized spacial score (nSPS) is 19.7. The second-order valence-corrected chi connectivity index (χ2v) is 8.59. The summed E-state index contributed by atoms with van der Waals surface area (Å²) < 4.78 is 8.18. The van der Waals surface area contributed by atoms with Crippen molar-refractivity contribution in [2.75, 3.05) is 0 Å². The second-order valence-electron chi connectivity index (χ2n) is 8.59. The van der Waals surface area contributed by atoms with Crippen LogP contribution >= 0.6 is 0 Å². The van der Waals surface area contributed by atoms with E-state index in [1.807, 2.05) is 13.8 Å². The number of nitrogens with zero attached hydrogens (tertiary/aromatic N) is 3. The van der Waals surface area contributed by atoms with Gasteiger partial charge in [-0.1, -0.05) is 26.0 Å². The number of ether oxygens (including phenoxy) is 1. The number of allylic oxidation sites excluding steroid dienone is 2. The number of Topliss-reactive ketones (excluding diaryl/α,β-unsaturated/α-hetero) is 1. The van der Waals surface area contributed by atoms with Crippen LogP contribution in [0.3, 0.4) is 0 Å². The van der Waals surface area contributed by atoms with Crippen LogP contribution in [-0.4, -0.2) is 19.8 Å². The molecule has 0 saturated carbocycles. The fourth-order valence-electron chi connectivity index (χ4n) is 4.33. The lowest BCUT2D eigenvalue weighted by Crippen LogP contribution is -2.44. The zero-order chi connectivity index (χ0) is 22.0. The molecule has 0 saturated heterocycles. The van der Waals surface area contributed by atoms with E-state index in [4.69, 9.17) is 4.74 Å². The number of benzene rings is 1. The van der Waals surface area contributed by atoms with Crippen molar-refractivity contribution >= 4 is 11.5 Å². The lowest BCUT2D eigenvalue weighted by atomic mass is 9.70. The summed E-state index contributed by atoms with van der Waals surface area (Å²) in [4.78, 5) is 49.5. The smallest absolute Gasteiger partial charge is 0.333 e. The summed E-state index contributed by atoms with van der Waals surface area (Å²) in [5, 5.41) is 11.3. The number of non-ortho nitro benzene ring substituents is 1. The van der Waals surface area contributed by atoms with E-state index in [1.165, 1.54) is 36.9 Å². The molecule has 1 atom stereocenters. The van der Waals surface area contributed by atoms with Gasteiger partial charge in [0.05, 0.1) is 16.4 Å². The first-order chi connectivity index (χ1) is 14.0. The van der Waals surface area contributed by atoms with Crippen LogP contribution in [0.4, 0.5) is 5.69 Å². The Bertz CT molecular complexity index is 1260. The third-order valence-corrected chi connectivity index (χ3v) is 5.73. The van der Waals surface area contributed by atoms with Gasteiger partial charge < -0.3 is 4.74 Å². The van der Waals surface area contributed by atoms with Crippen LogP contribution in [-0.2, 0) is 18.9 Å². The molecule has 1 aliphatic carbocycles. The van der Waals surface area contributed by atoms with Gasteiger partial charge in [-0.2, -0.15) is 0 Å². The van der Waals surface area contributed by atoms with Crippen molar-refractivity contribution in [2.45, 2.75) is 32.6 Å². The summed E-state index contributed by atoms with van der Waals surface area (Å²) in [6.45, 7) is 3.89. The van der Waals surface area contributed by atoms with E-state index >= 15 is 0 Å². The van der Waals surface area contributed by atoms with Crippen LogP contribution in [0.5, 0.6) is 5.88 Å². The number of ketones is 1. The summed E-state index contributed by atoms with van der Waals surface area (Å²) in [7, 11) is 2.84. The van der Waals surface area contributed by atoms with Gasteiger partial charge in [0.15, 0.2) is 5.78 Å². The van der Waals surface area contributed by atoms with Crippen molar-refractivity contribution in [3.63, 3.8) is 0 Å². The molecular formula is C21H21N3O6. The Balaban J connectivity index is 2.08. The predicted octanol–water partition coefficient (Wildman–Crippen LogP) is 2.16. The Morgan fingerprint density at radius 3 is 2.50 bits per heavy atom. The summed E-state index contributed by atoms with van der Waals surface area (Å²) >= 11 is 0. The highest BCUT2D eigenvalue weighted by Gasteiger charge is 2.44. The number of hydrogen-bond donors (Lipinski definition) is 0. The molecule has 0 spiro atoms. The maximum atomic E-state index is 13.2. The van der Waals surface area contributed by atoms with Gasteiger partial charge in [0.1, 0.15) is 5.76 Å². The number of fused-ring (bicyclic) bond motifs is 1. The molecule has 0 fully saturated rings. The Hall–Kier alpha value is -3.49. The first kappa shape index (κ1) is 19.8. The molecule has 2 aliphatic rings. The number of carbonyl (C=O) groups excluding carboxylic acids is 1. The molecule has 0 radical (unpaired) electrons. The molecule has 1 aromatic heterocycles. The summed E-state index contributed by atoms with van der Waals surface area (Å²) in [5.41, 5.74) is -0.738. The minimum atomic E-state index is -0.849. The molecule has 4 rings (SSSR count). The van der Waals surface area contributed by atoms with Gasteiger partial charge >= 0.3 is 5.69 Å². The quantitative estimate of drug-likeness (QED) is 0.553. The Morgan fingerprint density at radius 2 is 1.83 bits per heavy atom. The monoisotopic (exact) mass is 411 g/mol. The summed E-state index contributed by atoms with van der Waals surface area (Å²) in [6.07, 6.45) is 0.713. The lowest BCUT2D eigenvalue weighted by molar-refractivity contribution is -0.384. The van der Waals surface area contributed by atoms with E-state index < -0.39 is 22.1 Å². The minimum absolute atomic E-state index is 0.0730. The minimum Gasteiger partial charge on any atom is -0.444 e. The highest BCUT2D eigenvalue weighted by Crippen LogP contribution is 2.48. The molecule has 9 nitrogen and oxygen atoms in total. The summed E-state index contributed by atoms with van der Waals surface area (Å²) in [5.74, 6) is -0.538. The standard InChI is InChI=1S/C21H21N3O6/c1-21(2)9-13(25)16-14(10-21)30-19-17(18(26)22(3)20(27)23(19)4)15(16)11-6-5-7-12(8-11)24(28)29/h5-8,15H,9-10H2,1-4H3. The van der Waals surface area contributed by atoms with Crippen molar-refractivity contribution in [1.29, 1.82) is 0 Å². The van der Waals surface area contributed by atoms with Crippen molar-refractivity contribution in [3.8, 4) is 5.88 Å². The maximum absolute atomic E-state index is 13.2. The molecule has 0 N–H and O–H groups in total. The van der Waals surface area contributed by atoms with Gasteiger partial charge in [-0.3, -0.25) is 28.8 Å². The van der Waals surface area contributed by atoms with Gasteiger partial charge in [-0.15, -0.1) is 0 Å². The predicted molar refractivity (Wildman–Crippen MR) is 108 cm³/mol. The molecule has 1 aromatic carbocycles. The molecule has 156 valence electrons. The van der Waals surface area contributed by atoms with E-state index in [9.17, 15) is 24.5 Å². The highest BCUT2D eigenvalue weighted by atomic mass is 16.6. The van der Waals surface area contributed by atoms with E-state index in [1.54, 1.807) is 6.07 Å². The zero-order valence-electron chi connectivity index (χ0n) is 17.1. The third kappa shape index (κ3) is 2.89. The number of hydrogen-bond acceptors (Lipinski definition) is 6. The van der Waals surface area contributed by atoms with E-state index in [2.05, 4.69) is 0 Å². The Morgan fingerprint density at radius 1 is 1.13 bits per heavy atom. The van der Waals surface area contributed by atoms with Crippen molar-refractivity contribution in [1.82, 2.24) is 9.13 Å². The topological polar surface area (TPSA) is 113 Å². The van der Waals surface area contributed by atoms with Gasteiger partial charge in [0, 0.05) is 44.6 Å². The van der Waals surface area contributed by atoms with E-state index in [-0.39, 0.29) is 34.7 Å². The molecule has 0 amide bonds. The van der Waals surface area contributed by atoms with Crippen LogP contribution in [0.1, 0.15) is 43.7 Å². The molecule has 30 heavy (non-hydrogen) atoms. The highest BCUT2D eigenvalue weighted by molar-refractivity contribution is 6.00. The molecule has 9 heteroatoms. The Labute approximate surface area is 171 Å². The first-order valence-corrected chi connectivity index (χ1v) is 9.50. The number of carbonyl (C=O) groups is 1. The second kappa shape index (κ2) is 6.51. The van der Waals surface area contributed by atoms with E-state index in [0.29, 0.717) is 23.3 Å². The van der Waals surface area contributed by atoms with Crippen molar-refractivity contribution < 1.29 is 14.5 Å². The number of aromatic nitrogens is 2.